The molecule has 1 atom stereocenters. The van der Waals surface area contributed by atoms with Crippen molar-refractivity contribution in [2.24, 2.45) is 0 Å². The Kier molecular flexibility index (Phi) is 6.27. The molecule has 3 nitrogen and oxygen atoms in total. The highest BCUT2D eigenvalue weighted by atomic mass is 35.5. The lowest BCUT2D eigenvalue weighted by atomic mass is 10.1. The molecule has 1 amide bonds. The van der Waals surface area contributed by atoms with Crippen LogP contribution in [0.15, 0.2) is 36.9 Å². The molecule has 114 valence electrons. The van der Waals surface area contributed by atoms with Gasteiger partial charge in [0.2, 0.25) is 5.91 Å². The van der Waals surface area contributed by atoms with Crippen LogP contribution in [0.3, 0.4) is 0 Å². The van der Waals surface area contributed by atoms with Crippen LogP contribution in [0.5, 0.6) is 0 Å². The van der Waals surface area contributed by atoms with E-state index in [-0.39, 0.29) is 5.91 Å². The molecule has 1 aliphatic heterocycles. The molecule has 1 heterocycles. The molecular weight excluding hydrogens is 284 g/mol. The molecule has 1 fully saturated rings. The van der Waals surface area contributed by atoms with E-state index in [0.29, 0.717) is 12.5 Å². The number of carbonyl (C=O) groups is 1. The van der Waals surface area contributed by atoms with Gasteiger partial charge in [-0.3, -0.25) is 4.79 Å². The highest BCUT2D eigenvalue weighted by molar-refractivity contribution is 6.30. The van der Waals surface area contributed by atoms with E-state index in [4.69, 9.17) is 11.6 Å². The highest BCUT2D eigenvalue weighted by Crippen LogP contribution is 2.22. The second kappa shape index (κ2) is 8.20. The maximum absolute atomic E-state index is 12.0. The summed E-state index contributed by atoms with van der Waals surface area (Å²) in [7, 11) is 0. The summed E-state index contributed by atoms with van der Waals surface area (Å²) in [4.78, 5) is 14.1. The van der Waals surface area contributed by atoms with Gasteiger partial charge in [0.25, 0.3) is 0 Å². The maximum atomic E-state index is 12.0. The first-order valence-corrected chi connectivity index (χ1v) is 7.94. The summed E-state index contributed by atoms with van der Waals surface area (Å²) < 4.78 is 0. The fraction of sp³-hybridized carbons (Fsp3) is 0.471. The van der Waals surface area contributed by atoms with E-state index in [1.807, 2.05) is 29.2 Å². The molecular formula is C17H23ClN2O. The van der Waals surface area contributed by atoms with Gasteiger partial charge in [-0.25, -0.2) is 0 Å². The zero-order valence-corrected chi connectivity index (χ0v) is 13.1. The smallest absolute Gasteiger partial charge is 0.222 e. The molecule has 0 bridgehead atoms. The Morgan fingerprint density at radius 1 is 1.48 bits per heavy atom. The Balaban J connectivity index is 1.83. The third-order valence-electron chi connectivity index (χ3n) is 3.93. The molecule has 1 aromatic rings. The molecule has 2 rings (SSSR count). The minimum Gasteiger partial charge on any atom is -0.339 e. The van der Waals surface area contributed by atoms with Crippen LogP contribution in [0.25, 0.3) is 0 Å². The van der Waals surface area contributed by atoms with Crippen molar-refractivity contribution < 1.29 is 4.79 Å². The van der Waals surface area contributed by atoms with E-state index in [0.717, 1.165) is 43.9 Å². The lowest BCUT2D eigenvalue weighted by Gasteiger charge is -2.25. The Hall–Kier alpha value is -1.32. The maximum Gasteiger partial charge on any atom is 0.222 e. The Morgan fingerprint density at radius 3 is 3.10 bits per heavy atom. The lowest BCUT2D eigenvalue weighted by Crippen LogP contribution is -2.36. The monoisotopic (exact) mass is 306 g/mol. The zero-order chi connectivity index (χ0) is 15.1. The quantitative estimate of drug-likeness (QED) is 0.591. The third kappa shape index (κ3) is 4.87. The standard InChI is InChI=1S/C17H23ClN2O/c1-2-10-19-11-8-16-6-7-17(21)20(16)12-9-14-4-3-5-15(18)13-14/h2-5,13,16,19H,1,6-12H2/t16-/m1/s1. The SMILES string of the molecule is C=CCNCC[C@H]1CCC(=O)N1CCc1cccc(Cl)c1. The van der Waals surface area contributed by atoms with Crippen LogP contribution in [0.2, 0.25) is 5.02 Å². The number of rotatable bonds is 8. The summed E-state index contributed by atoms with van der Waals surface area (Å²) in [5.41, 5.74) is 1.19. The van der Waals surface area contributed by atoms with E-state index in [2.05, 4.69) is 18.0 Å². The predicted molar refractivity (Wildman–Crippen MR) is 87.6 cm³/mol. The summed E-state index contributed by atoms with van der Waals surface area (Å²) in [6.45, 7) is 6.22. The van der Waals surface area contributed by atoms with Gasteiger partial charge in [0.15, 0.2) is 0 Å². The van der Waals surface area contributed by atoms with Crippen LogP contribution in [0, 0.1) is 0 Å². The molecule has 1 aromatic carbocycles. The van der Waals surface area contributed by atoms with Crippen molar-refractivity contribution in [3.05, 3.63) is 47.5 Å². The number of nitrogens with one attached hydrogen (secondary N) is 1. The molecule has 4 heteroatoms. The van der Waals surface area contributed by atoms with Gasteiger partial charge in [-0.2, -0.15) is 0 Å². The van der Waals surface area contributed by atoms with Crippen molar-refractivity contribution >= 4 is 17.5 Å². The van der Waals surface area contributed by atoms with Crippen LogP contribution < -0.4 is 5.32 Å². The van der Waals surface area contributed by atoms with Crippen molar-refractivity contribution in [1.29, 1.82) is 0 Å². The summed E-state index contributed by atoms with van der Waals surface area (Å²) in [5.74, 6) is 0.283. The number of hydrogen-bond donors (Lipinski definition) is 1. The molecule has 0 spiro atoms. The van der Waals surface area contributed by atoms with Crippen LogP contribution in [0.4, 0.5) is 0 Å². The van der Waals surface area contributed by atoms with Gasteiger partial charge in [0, 0.05) is 30.6 Å². The number of likely N-dealkylation sites (tertiary alicyclic amines) is 1. The van der Waals surface area contributed by atoms with Gasteiger partial charge in [0.05, 0.1) is 0 Å². The largest absolute Gasteiger partial charge is 0.339 e. The van der Waals surface area contributed by atoms with E-state index < -0.39 is 0 Å². The van der Waals surface area contributed by atoms with E-state index >= 15 is 0 Å². The molecule has 0 saturated carbocycles. The average molecular weight is 307 g/mol. The van der Waals surface area contributed by atoms with E-state index in [1.165, 1.54) is 5.56 Å². The van der Waals surface area contributed by atoms with Gasteiger partial charge in [-0.05, 0) is 43.5 Å². The normalized spacial score (nSPS) is 18.2. The average Bonchev–Trinajstić information content (AvgIpc) is 2.82. The van der Waals surface area contributed by atoms with Crippen molar-refractivity contribution in [2.75, 3.05) is 19.6 Å². The van der Waals surface area contributed by atoms with Crippen LogP contribution in [0.1, 0.15) is 24.8 Å². The molecule has 0 aromatic heterocycles. The number of halogens is 1. The summed E-state index contributed by atoms with van der Waals surface area (Å²) in [6, 6.07) is 8.24. The van der Waals surface area contributed by atoms with Crippen LogP contribution >= 0.6 is 11.6 Å². The number of carbonyl (C=O) groups excluding carboxylic acids is 1. The summed E-state index contributed by atoms with van der Waals surface area (Å²) >= 11 is 6.00. The van der Waals surface area contributed by atoms with Crippen LogP contribution in [-0.2, 0) is 11.2 Å². The molecule has 0 unspecified atom stereocenters. The Labute approximate surface area is 132 Å². The van der Waals surface area contributed by atoms with Gasteiger partial charge in [-0.1, -0.05) is 29.8 Å². The second-order valence-electron chi connectivity index (χ2n) is 5.44. The first-order valence-electron chi connectivity index (χ1n) is 7.56. The highest BCUT2D eigenvalue weighted by Gasteiger charge is 2.29. The van der Waals surface area contributed by atoms with Crippen molar-refractivity contribution in [1.82, 2.24) is 10.2 Å². The van der Waals surface area contributed by atoms with E-state index in [1.54, 1.807) is 0 Å². The minimum atomic E-state index is 0.283. The molecule has 1 saturated heterocycles. The predicted octanol–water partition coefficient (Wildman–Crippen LogP) is 3.04. The number of nitrogens with zero attached hydrogens (tertiary/aromatic N) is 1. The van der Waals surface area contributed by atoms with Gasteiger partial charge < -0.3 is 10.2 Å². The number of amides is 1. The molecule has 0 radical (unpaired) electrons. The second-order valence-corrected chi connectivity index (χ2v) is 5.88. The molecule has 0 aliphatic carbocycles. The van der Waals surface area contributed by atoms with Gasteiger partial charge >= 0.3 is 0 Å². The minimum absolute atomic E-state index is 0.283. The van der Waals surface area contributed by atoms with Crippen molar-refractivity contribution in [3.8, 4) is 0 Å². The summed E-state index contributed by atoms with van der Waals surface area (Å²) in [6.07, 6.45) is 5.39. The van der Waals surface area contributed by atoms with E-state index in [9.17, 15) is 4.79 Å². The van der Waals surface area contributed by atoms with Crippen molar-refractivity contribution in [2.45, 2.75) is 31.7 Å². The third-order valence-corrected chi connectivity index (χ3v) is 4.16. The molecule has 21 heavy (non-hydrogen) atoms. The zero-order valence-electron chi connectivity index (χ0n) is 12.4. The number of benzene rings is 1. The fourth-order valence-electron chi connectivity index (χ4n) is 2.82. The first-order chi connectivity index (χ1) is 10.2. The van der Waals surface area contributed by atoms with Gasteiger partial charge in [0.1, 0.15) is 0 Å². The van der Waals surface area contributed by atoms with Crippen LogP contribution in [-0.4, -0.2) is 36.5 Å². The molecule has 1 N–H and O–H groups in total. The Morgan fingerprint density at radius 2 is 2.33 bits per heavy atom. The first kappa shape index (κ1) is 16.1. The van der Waals surface area contributed by atoms with Gasteiger partial charge in [-0.15, -0.1) is 6.58 Å². The fourth-order valence-corrected chi connectivity index (χ4v) is 3.03. The lowest BCUT2D eigenvalue weighted by molar-refractivity contribution is -0.128. The van der Waals surface area contributed by atoms with Crippen molar-refractivity contribution in [3.63, 3.8) is 0 Å². The summed E-state index contributed by atoms with van der Waals surface area (Å²) in [5, 5.41) is 4.06. The number of hydrogen-bond acceptors (Lipinski definition) is 2. The topological polar surface area (TPSA) is 32.3 Å². The Bertz CT molecular complexity index is 489. The molecule has 1 aliphatic rings.